The van der Waals surface area contributed by atoms with E-state index in [1.54, 1.807) is 37.3 Å². The van der Waals surface area contributed by atoms with E-state index in [0.717, 1.165) is 6.07 Å². The lowest BCUT2D eigenvalue weighted by Gasteiger charge is -2.46. The van der Waals surface area contributed by atoms with Gasteiger partial charge in [0, 0.05) is 68.2 Å². The number of nitrogens with zero attached hydrogens (tertiary/aromatic N) is 3. The third-order valence-electron chi connectivity index (χ3n) is 13.1. The quantitative estimate of drug-likeness (QED) is 0.161. The molecule has 7 aromatic rings. The molecule has 2 atom stereocenters. The first kappa shape index (κ1) is 23.7. The Labute approximate surface area is 406 Å². The molecule has 0 amide bonds. The molecular formula is C58H62BN3O. The molecule has 2 unspecified atom stereocenters. The summed E-state index contributed by atoms with van der Waals surface area (Å²) in [7, 11) is 0. The molecule has 10 rings (SSSR count). The second kappa shape index (κ2) is 14.3. The smallest absolute Gasteiger partial charge is 0.297 e. The molecular weight excluding hydrogens is 765 g/mol. The van der Waals surface area contributed by atoms with Crippen LogP contribution in [0.25, 0.3) is 0 Å². The van der Waals surface area contributed by atoms with E-state index in [-0.39, 0.29) is 103 Å². The van der Waals surface area contributed by atoms with Crippen LogP contribution in [0, 0.1) is 41.3 Å². The summed E-state index contributed by atoms with van der Waals surface area (Å²) >= 11 is 0. The van der Waals surface area contributed by atoms with Gasteiger partial charge in [0.25, 0.3) is 6.71 Å². The number of anilines is 9. The molecule has 0 N–H and O–H groups in total. The Kier molecular flexibility index (Phi) is 5.37. The minimum Gasteiger partial charge on any atom is -0.472 e. The molecule has 0 saturated carbocycles. The van der Waals surface area contributed by atoms with E-state index in [1.165, 1.54) is 62.6 Å². The molecule has 1 aliphatic carbocycles. The Balaban J connectivity index is 1.54. The van der Waals surface area contributed by atoms with Crippen molar-refractivity contribution in [2.24, 2.45) is 0 Å². The monoisotopic (exact) mass is 849 g/mol. The average molecular weight is 849 g/mol. The molecule has 0 spiro atoms. The van der Waals surface area contributed by atoms with Gasteiger partial charge in [-0.05, 0) is 146 Å². The maximum atomic E-state index is 9.37. The van der Waals surface area contributed by atoms with Crippen molar-refractivity contribution < 1.29 is 33.2 Å². The molecule has 4 nitrogen and oxygen atoms in total. The van der Waals surface area contributed by atoms with E-state index in [2.05, 4.69) is 0 Å². The number of benzene rings is 6. The van der Waals surface area contributed by atoms with Gasteiger partial charge in [0.2, 0.25) is 0 Å². The first-order valence-electron chi connectivity index (χ1n) is 31.8. The highest BCUT2D eigenvalue weighted by molar-refractivity contribution is 6.99. The van der Waals surface area contributed by atoms with Gasteiger partial charge in [0.15, 0.2) is 0 Å². The standard InChI is InChI=1S/C58H62BN3O/c1-35-28-37(3)51(38(4)29-35)61-46-32-41(56(7,8)9)24-25-45(46)59-50-47(61)33-44(60(42-20-16-14-17-21-42)43-22-18-15-19-23-43)34-48(50)62(52-39(5)30-36(2)31-40(52)6)53-49-54(63-55(53)59)58(12,13)27-26-57(49,10)11/h14-25,28-34H,26-27H2,1-13H3/i2D3,3D3,4D3,5D3,7D3,10D3,12D3. The zero-order valence-corrected chi connectivity index (χ0v) is 36.2. The van der Waals surface area contributed by atoms with Gasteiger partial charge in [-0.1, -0.05) is 132 Å². The topological polar surface area (TPSA) is 22.9 Å². The molecule has 1 aromatic heterocycles. The average Bonchev–Trinajstić information content (AvgIpc) is 1.34. The Hall–Kier alpha value is -5.94. The summed E-state index contributed by atoms with van der Waals surface area (Å²) in [4.78, 5) is 4.90. The van der Waals surface area contributed by atoms with Gasteiger partial charge in [0.05, 0.1) is 28.4 Å². The summed E-state index contributed by atoms with van der Waals surface area (Å²) in [5.41, 5.74) is -4.72. The molecule has 63 heavy (non-hydrogen) atoms. The second-order valence-electron chi connectivity index (χ2n) is 18.5. The van der Waals surface area contributed by atoms with Gasteiger partial charge in [-0.3, -0.25) is 0 Å². The molecule has 3 heterocycles. The maximum Gasteiger partial charge on any atom is 0.297 e. The Morgan fingerprint density at radius 1 is 0.619 bits per heavy atom. The van der Waals surface area contributed by atoms with Crippen LogP contribution >= 0.6 is 0 Å². The summed E-state index contributed by atoms with van der Waals surface area (Å²) in [5, 5.41) is 0. The fraction of sp³-hybridized carbons (Fsp3) is 0.310. The van der Waals surface area contributed by atoms with Crippen molar-refractivity contribution >= 4 is 74.5 Å². The molecule has 0 bridgehead atoms. The molecule has 0 fully saturated rings. The number of hydrogen-bond donors (Lipinski definition) is 0. The fourth-order valence-electron chi connectivity index (χ4n) is 10.1. The van der Waals surface area contributed by atoms with Crippen LogP contribution in [0.15, 0.2) is 120 Å². The van der Waals surface area contributed by atoms with Crippen LogP contribution in [0.1, 0.15) is 140 Å². The maximum absolute atomic E-state index is 9.37. The van der Waals surface area contributed by atoms with Crippen LogP contribution < -0.4 is 31.3 Å². The van der Waals surface area contributed by atoms with Crippen LogP contribution in [0.4, 0.5) is 51.2 Å². The first-order chi connectivity index (χ1) is 38.4. The number of aryl methyl sites for hydroxylation is 6. The van der Waals surface area contributed by atoms with Gasteiger partial charge in [0.1, 0.15) is 5.76 Å². The summed E-state index contributed by atoms with van der Waals surface area (Å²) in [5.74, 6) is -0.212. The highest BCUT2D eigenvalue weighted by Gasteiger charge is 2.53. The second-order valence-corrected chi connectivity index (χ2v) is 18.5. The summed E-state index contributed by atoms with van der Waals surface area (Å²) in [6, 6.07) is 31.6. The lowest BCUT2D eigenvalue weighted by molar-refractivity contribution is 0.282. The largest absolute Gasteiger partial charge is 0.472 e. The lowest BCUT2D eigenvalue weighted by atomic mass is 9.35. The van der Waals surface area contributed by atoms with Gasteiger partial charge < -0.3 is 19.1 Å². The first-order valence-corrected chi connectivity index (χ1v) is 21.3. The van der Waals surface area contributed by atoms with E-state index < -0.39 is 76.5 Å². The molecule has 6 aromatic carbocycles. The third-order valence-corrected chi connectivity index (χ3v) is 13.1. The minimum atomic E-state index is -3.11. The highest BCUT2D eigenvalue weighted by atomic mass is 16.3. The zero-order chi connectivity index (χ0) is 62.0. The van der Waals surface area contributed by atoms with Gasteiger partial charge in [-0.25, -0.2) is 0 Å². The van der Waals surface area contributed by atoms with Crippen molar-refractivity contribution in [3.05, 3.63) is 166 Å². The van der Waals surface area contributed by atoms with E-state index in [1.807, 2.05) is 65.6 Å². The van der Waals surface area contributed by atoms with Gasteiger partial charge in [-0.2, -0.15) is 0 Å². The minimum absolute atomic E-state index is 0.0337. The molecule has 318 valence electrons. The van der Waals surface area contributed by atoms with Crippen LogP contribution in [0.5, 0.6) is 0 Å². The number of furan rings is 1. The summed E-state index contributed by atoms with van der Waals surface area (Å²) in [6.07, 6.45) is -0.435. The molecule has 2 aliphatic heterocycles. The third kappa shape index (κ3) is 6.40. The highest BCUT2D eigenvalue weighted by Crippen LogP contribution is 2.56. The Morgan fingerprint density at radius 3 is 1.81 bits per heavy atom. The van der Waals surface area contributed by atoms with Crippen molar-refractivity contribution in [2.45, 2.75) is 119 Å². The number of hydrogen-bond acceptors (Lipinski definition) is 4. The van der Waals surface area contributed by atoms with Crippen molar-refractivity contribution in [1.29, 1.82) is 0 Å². The molecule has 0 saturated heterocycles. The van der Waals surface area contributed by atoms with E-state index in [4.69, 9.17) is 12.6 Å². The number of rotatable bonds is 5. The van der Waals surface area contributed by atoms with Crippen molar-refractivity contribution in [3.63, 3.8) is 0 Å². The van der Waals surface area contributed by atoms with Crippen molar-refractivity contribution in [1.82, 2.24) is 0 Å². The summed E-state index contributed by atoms with van der Waals surface area (Å²) < 4.78 is 198. The predicted molar refractivity (Wildman–Crippen MR) is 270 cm³/mol. The number of fused-ring (bicyclic) bond motifs is 6. The molecule has 5 heteroatoms. The lowest BCUT2D eigenvalue weighted by Crippen LogP contribution is -2.61. The van der Waals surface area contributed by atoms with Crippen molar-refractivity contribution in [3.8, 4) is 0 Å². The number of para-hydroxylation sites is 2. The normalized spacial score (nSPS) is 25.1. The van der Waals surface area contributed by atoms with Crippen LogP contribution in [0.2, 0.25) is 0 Å². The van der Waals surface area contributed by atoms with E-state index in [0.29, 0.717) is 22.6 Å². The van der Waals surface area contributed by atoms with E-state index >= 15 is 0 Å². The molecule has 3 aliphatic rings. The van der Waals surface area contributed by atoms with Gasteiger partial charge >= 0.3 is 0 Å². The SMILES string of the molecule is [2H]C([2H])([2H])c1cc(C)c(N2c3cc(N(c4ccccc4)c4ccccc4)cc4c3B(c3ccc(C(C)(C)C([2H])([2H])[2H])cc3N4c3c(C([2H])([2H])[2H])cc(C)cc3C([2H])([2H])[2H])c3oc4c(c32)C(C)(C([2H])([2H])[2H])CCC4(C)C([2H])([2H])[2H])c(C([2H])([2H])[2H])c1. The zero-order valence-electron chi connectivity index (χ0n) is 57.2. The fourth-order valence-corrected chi connectivity index (χ4v) is 10.1. The Bertz CT molecular complexity index is 3690. The summed E-state index contributed by atoms with van der Waals surface area (Å²) in [6.45, 7) is -12.6. The van der Waals surface area contributed by atoms with Crippen molar-refractivity contribution in [2.75, 3.05) is 14.7 Å². The van der Waals surface area contributed by atoms with Gasteiger partial charge in [-0.15, -0.1) is 0 Å². The molecule has 0 radical (unpaired) electrons. The van der Waals surface area contributed by atoms with Crippen LogP contribution in [0.3, 0.4) is 0 Å². The Morgan fingerprint density at radius 2 is 1.21 bits per heavy atom. The van der Waals surface area contributed by atoms with Crippen LogP contribution in [-0.4, -0.2) is 6.71 Å². The predicted octanol–water partition coefficient (Wildman–Crippen LogP) is 14.3. The van der Waals surface area contributed by atoms with E-state index in [9.17, 15) is 20.6 Å². The van der Waals surface area contributed by atoms with Crippen LogP contribution in [-0.2, 0) is 16.2 Å².